The van der Waals surface area contributed by atoms with Crippen LogP contribution in [-0.4, -0.2) is 19.7 Å². The van der Waals surface area contributed by atoms with Crippen molar-refractivity contribution in [2.45, 2.75) is 6.42 Å². The van der Waals surface area contributed by atoms with E-state index in [2.05, 4.69) is 27.5 Å². The topological polar surface area (TPSA) is 50.4 Å². The fourth-order valence-electron chi connectivity index (χ4n) is 1.84. The summed E-state index contributed by atoms with van der Waals surface area (Å²) in [5, 5.41) is 5.96. The molecule has 0 saturated carbocycles. The third-order valence-corrected chi connectivity index (χ3v) is 2.90. The number of hydrogen-bond acceptors (Lipinski definition) is 3. The van der Waals surface area contributed by atoms with E-state index in [0.717, 1.165) is 18.7 Å². The molecule has 104 valence electrons. The summed E-state index contributed by atoms with van der Waals surface area (Å²) in [6.45, 7) is 0.869. The Morgan fingerprint density at radius 1 is 1.00 bits per heavy atom. The molecule has 0 aliphatic heterocycles. The highest BCUT2D eigenvalue weighted by Crippen LogP contribution is 2.13. The monoisotopic (exact) mass is 270 g/mol. The second kappa shape index (κ2) is 7.19. The minimum atomic E-state index is -0.463. The fourth-order valence-corrected chi connectivity index (χ4v) is 1.84. The van der Waals surface area contributed by atoms with E-state index in [4.69, 9.17) is 0 Å². The second-order valence-electron chi connectivity index (χ2n) is 4.36. The molecule has 0 atom stereocenters. The summed E-state index contributed by atoms with van der Waals surface area (Å²) in [6.07, 6.45) is 0.512. The summed E-state index contributed by atoms with van der Waals surface area (Å²) in [6, 6.07) is 17.9. The maximum Gasteiger partial charge on any atom is 0.411 e. The van der Waals surface area contributed by atoms with E-state index in [1.807, 2.05) is 42.5 Å². The number of amides is 1. The lowest BCUT2D eigenvalue weighted by Crippen LogP contribution is -2.11. The number of methoxy groups -OCH3 is 1. The van der Waals surface area contributed by atoms with Crippen molar-refractivity contribution in [3.05, 3.63) is 60.2 Å². The van der Waals surface area contributed by atoms with E-state index in [0.29, 0.717) is 5.69 Å². The Morgan fingerprint density at radius 3 is 2.30 bits per heavy atom. The minimum absolute atomic E-state index is 0.463. The molecule has 0 unspecified atom stereocenters. The van der Waals surface area contributed by atoms with Gasteiger partial charge < -0.3 is 10.1 Å². The van der Waals surface area contributed by atoms with Gasteiger partial charge in [-0.05, 0) is 36.2 Å². The van der Waals surface area contributed by atoms with Gasteiger partial charge in [-0.25, -0.2) is 4.79 Å². The van der Waals surface area contributed by atoms with Crippen LogP contribution in [0, 0.1) is 0 Å². The number of hydrogen-bond donors (Lipinski definition) is 2. The van der Waals surface area contributed by atoms with E-state index in [1.54, 1.807) is 0 Å². The summed E-state index contributed by atoms with van der Waals surface area (Å²) in [7, 11) is 1.34. The molecule has 0 aromatic heterocycles. The van der Waals surface area contributed by atoms with Gasteiger partial charge in [0.15, 0.2) is 0 Å². The molecule has 2 N–H and O–H groups in total. The van der Waals surface area contributed by atoms with E-state index in [-0.39, 0.29) is 0 Å². The van der Waals surface area contributed by atoms with Crippen molar-refractivity contribution in [1.29, 1.82) is 0 Å². The van der Waals surface area contributed by atoms with Gasteiger partial charge in [0, 0.05) is 17.9 Å². The highest BCUT2D eigenvalue weighted by molar-refractivity contribution is 5.84. The molecule has 0 spiro atoms. The van der Waals surface area contributed by atoms with Gasteiger partial charge in [-0.2, -0.15) is 0 Å². The van der Waals surface area contributed by atoms with Crippen LogP contribution < -0.4 is 10.6 Å². The summed E-state index contributed by atoms with van der Waals surface area (Å²) in [4.78, 5) is 11.0. The molecule has 0 bridgehead atoms. The molecule has 2 aromatic rings. The standard InChI is InChI=1S/C16H18N2O2/c1-20-16(19)18-15-9-7-14(8-10-15)17-12-11-13-5-3-2-4-6-13/h2-10,17H,11-12H2,1H3,(H,18,19). The smallest absolute Gasteiger partial charge is 0.411 e. The number of nitrogens with one attached hydrogen (secondary N) is 2. The molecule has 0 aliphatic rings. The molecule has 0 fully saturated rings. The Labute approximate surface area is 118 Å². The summed E-state index contributed by atoms with van der Waals surface area (Å²) in [5.41, 5.74) is 3.05. The van der Waals surface area contributed by atoms with Crippen molar-refractivity contribution in [3.8, 4) is 0 Å². The van der Waals surface area contributed by atoms with Gasteiger partial charge in [0.25, 0.3) is 0 Å². The third kappa shape index (κ3) is 4.31. The largest absolute Gasteiger partial charge is 0.453 e. The van der Waals surface area contributed by atoms with Crippen LogP contribution in [0.25, 0.3) is 0 Å². The molecule has 0 saturated heterocycles. The van der Waals surface area contributed by atoms with E-state index < -0.39 is 6.09 Å². The normalized spacial score (nSPS) is 9.85. The molecule has 4 nitrogen and oxygen atoms in total. The van der Waals surface area contributed by atoms with E-state index in [1.165, 1.54) is 12.7 Å². The Kier molecular flexibility index (Phi) is 5.00. The Balaban J connectivity index is 1.80. The van der Waals surface area contributed by atoms with Crippen LogP contribution in [0.1, 0.15) is 5.56 Å². The van der Waals surface area contributed by atoms with Crippen LogP contribution in [0.2, 0.25) is 0 Å². The van der Waals surface area contributed by atoms with Crippen LogP contribution >= 0.6 is 0 Å². The number of anilines is 2. The zero-order valence-electron chi connectivity index (χ0n) is 11.4. The zero-order valence-corrected chi connectivity index (χ0v) is 11.4. The van der Waals surface area contributed by atoms with Crippen molar-refractivity contribution in [1.82, 2.24) is 0 Å². The molecule has 0 heterocycles. The average molecular weight is 270 g/mol. The number of ether oxygens (including phenoxy) is 1. The highest BCUT2D eigenvalue weighted by Gasteiger charge is 2.00. The SMILES string of the molecule is COC(=O)Nc1ccc(NCCc2ccccc2)cc1. The number of benzene rings is 2. The van der Waals surface area contributed by atoms with Crippen LogP contribution in [0.3, 0.4) is 0 Å². The molecule has 1 amide bonds. The predicted octanol–water partition coefficient (Wildman–Crippen LogP) is 3.52. The molecular weight excluding hydrogens is 252 g/mol. The summed E-state index contributed by atoms with van der Waals surface area (Å²) in [5.74, 6) is 0. The van der Waals surface area contributed by atoms with Crippen LogP contribution in [0.5, 0.6) is 0 Å². The molecule has 0 radical (unpaired) electrons. The molecule has 2 aromatic carbocycles. The van der Waals surface area contributed by atoms with Crippen LogP contribution in [-0.2, 0) is 11.2 Å². The van der Waals surface area contributed by atoms with Gasteiger partial charge in [0.05, 0.1) is 7.11 Å². The van der Waals surface area contributed by atoms with Crippen molar-refractivity contribution < 1.29 is 9.53 Å². The first-order chi connectivity index (χ1) is 9.78. The van der Waals surface area contributed by atoms with Gasteiger partial charge in [0.2, 0.25) is 0 Å². The number of carbonyl (C=O) groups is 1. The lowest BCUT2D eigenvalue weighted by atomic mass is 10.1. The van der Waals surface area contributed by atoms with Crippen LogP contribution in [0.15, 0.2) is 54.6 Å². The van der Waals surface area contributed by atoms with Gasteiger partial charge >= 0.3 is 6.09 Å². The minimum Gasteiger partial charge on any atom is -0.453 e. The molecule has 2 rings (SSSR count). The molecule has 4 heteroatoms. The molecular formula is C16H18N2O2. The first-order valence-corrected chi connectivity index (χ1v) is 6.51. The van der Waals surface area contributed by atoms with Crippen molar-refractivity contribution in [2.75, 3.05) is 24.3 Å². The van der Waals surface area contributed by atoms with Gasteiger partial charge in [-0.3, -0.25) is 5.32 Å². The van der Waals surface area contributed by atoms with E-state index >= 15 is 0 Å². The quantitative estimate of drug-likeness (QED) is 0.874. The molecule has 0 aliphatic carbocycles. The third-order valence-electron chi connectivity index (χ3n) is 2.90. The van der Waals surface area contributed by atoms with Gasteiger partial charge in [0.1, 0.15) is 0 Å². The van der Waals surface area contributed by atoms with Crippen LogP contribution in [0.4, 0.5) is 16.2 Å². The number of rotatable bonds is 5. The predicted molar refractivity (Wildman–Crippen MR) is 81.1 cm³/mol. The van der Waals surface area contributed by atoms with Crippen molar-refractivity contribution >= 4 is 17.5 Å². The summed E-state index contributed by atoms with van der Waals surface area (Å²) >= 11 is 0. The Hall–Kier alpha value is -2.49. The lowest BCUT2D eigenvalue weighted by molar-refractivity contribution is 0.187. The van der Waals surface area contributed by atoms with E-state index in [9.17, 15) is 4.79 Å². The molecule has 20 heavy (non-hydrogen) atoms. The van der Waals surface area contributed by atoms with Crippen molar-refractivity contribution in [2.24, 2.45) is 0 Å². The Bertz CT molecular complexity index is 538. The second-order valence-corrected chi connectivity index (χ2v) is 4.36. The fraction of sp³-hybridized carbons (Fsp3) is 0.188. The maximum atomic E-state index is 11.0. The average Bonchev–Trinajstić information content (AvgIpc) is 2.50. The number of carbonyl (C=O) groups excluding carboxylic acids is 1. The zero-order chi connectivity index (χ0) is 14.2. The van der Waals surface area contributed by atoms with Gasteiger partial charge in [-0.1, -0.05) is 30.3 Å². The Morgan fingerprint density at radius 2 is 1.65 bits per heavy atom. The first kappa shape index (κ1) is 13.9. The highest BCUT2D eigenvalue weighted by atomic mass is 16.5. The maximum absolute atomic E-state index is 11.0. The first-order valence-electron chi connectivity index (χ1n) is 6.51. The lowest BCUT2D eigenvalue weighted by Gasteiger charge is -2.08. The van der Waals surface area contributed by atoms with Gasteiger partial charge in [-0.15, -0.1) is 0 Å². The van der Waals surface area contributed by atoms with Crippen molar-refractivity contribution in [3.63, 3.8) is 0 Å². The summed E-state index contributed by atoms with van der Waals surface area (Å²) < 4.78 is 4.53.